The third-order valence-electron chi connectivity index (χ3n) is 2.08. The molecule has 0 radical (unpaired) electrons. The van der Waals surface area contributed by atoms with E-state index in [1.165, 1.54) is 0 Å². The predicted octanol–water partition coefficient (Wildman–Crippen LogP) is 2.36. The predicted molar refractivity (Wildman–Crippen MR) is 49.0 cm³/mol. The second-order valence-electron chi connectivity index (χ2n) is 3.19. The van der Waals surface area contributed by atoms with Crippen molar-refractivity contribution in [3.05, 3.63) is 0 Å². The van der Waals surface area contributed by atoms with Crippen molar-refractivity contribution in [1.29, 1.82) is 0 Å². The highest BCUT2D eigenvalue weighted by Crippen LogP contribution is 2.13. The first-order chi connectivity index (χ1) is 5.61. The quantitative estimate of drug-likeness (QED) is 0.613. The fourth-order valence-electron chi connectivity index (χ4n) is 1.22. The molecule has 2 nitrogen and oxygen atoms in total. The van der Waals surface area contributed by atoms with Crippen molar-refractivity contribution in [1.82, 2.24) is 0 Å². The van der Waals surface area contributed by atoms with Gasteiger partial charge in [-0.3, -0.25) is 9.59 Å². The number of hydrogen-bond acceptors (Lipinski definition) is 2. The molecule has 0 spiro atoms. The summed E-state index contributed by atoms with van der Waals surface area (Å²) in [6.07, 6.45) is 2.81. The van der Waals surface area contributed by atoms with Gasteiger partial charge in [-0.1, -0.05) is 20.3 Å². The lowest BCUT2D eigenvalue weighted by Gasteiger charge is -2.10. The number of carbonyl (C=O) groups is 2. The van der Waals surface area contributed by atoms with Crippen LogP contribution in [0.25, 0.3) is 0 Å². The standard InChI is InChI=1S/C10H18O2/c1-4-6-9(8(3)11)7-10(12)5-2/h9H,4-7H2,1-3H3. The maximum atomic E-state index is 11.0. The van der Waals surface area contributed by atoms with Gasteiger partial charge in [0.05, 0.1) is 0 Å². The zero-order valence-corrected chi connectivity index (χ0v) is 8.22. The van der Waals surface area contributed by atoms with Gasteiger partial charge in [0.2, 0.25) is 0 Å². The van der Waals surface area contributed by atoms with Gasteiger partial charge in [0, 0.05) is 18.8 Å². The SMILES string of the molecule is CCCC(CC(=O)CC)C(C)=O. The lowest BCUT2D eigenvalue weighted by atomic mass is 9.93. The van der Waals surface area contributed by atoms with E-state index in [9.17, 15) is 9.59 Å². The second kappa shape index (κ2) is 5.92. The average Bonchev–Trinajstić information content (AvgIpc) is 2.03. The Morgan fingerprint density at radius 3 is 2.17 bits per heavy atom. The minimum absolute atomic E-state index is 0.0255. The highest BCUT2D eigenvalue weighted by Gasteiger charge is 2.15. The van der Waals surface area contributed by atoms with Gasteiger partial charge < -0.3 is 0 Å². The Morgan fingerprint density at radius 2 is 1.83 bits per heavy atom. The van der Waals surface area contributed by atoms with E-state index < -0.39 is 0 Å². The largest absolute Gasteiger partial charge is 0.300 e. The molecule has 0 rings (SSSR count). The van der Waals surface area contributed by atoms with E-state index in [1.807, 2.05) is 13.8 Å². The van der Waals surface area contributed by atoms with Gasteiger partial charge in [-0.15, -0.1) is 0 Å². The minimum Gasteiger partial charge on any atom is -0.300 e. The molecule has 2 heteroatoms. The molecule has 0 amide bonds. The molecule has 0 N–H and O–H groups in total. The molecule has 0 aliphatic carbocycles. The summed E-state index contributed by atoms with van der Waals surface area (Å²) in [5, 5.41) is 0. The zero-order valence-electron chi connectivity index (χ0n) is 8.22. The summed E-state index contributed by atoms with van der Waals surface area (Å²) < 4.78 is 0. The molecule has 0 aromatic rings. The maximum absolute atomic E-state index is 11.0. The van der Waals surface area contributed by atoms with Gasteiger partial charge in [0.1, 0.15) is 11.6 Å². The van der Waals surface area contributed by atoms with Gasteiger partial charge in [-0.2, -0.15) is 0 Å². The Labute approximate surface area is 74.3 Å². The first-order valence-corrected chi connectivity index (χ1v) is 4.63. The Bertz CT molecular complexity index is 159. The van der Waals surface area contributed by atoms with Crippen molar-refractivity contribution in [3.8, 4) is 0 Å². The van der Waals surface area contributed by atoms with Gasteiger partial charge in [0.15, 0.2) is 0 Å². The molecule has 0 heterocycles. The van der Waals surface area contributed by atoms with Crippen LogP contribution in [0.3, 0.4) is 0 Å². The van der Waals surface area contributed by atoms with Gasteiger partial charge in [0.25, 0.3) is 0 Å². The van der Waals surface area contributed by atoms with Crippen molar-refractivity contribution in [2.45, 2.75) is 46.5 Å². The molecule has 1 unspecified atom stereocenters. The number of carbonyl (C=O) groups excluding carboxylic acids is 2. The average molecular weight is 170 g/mol. The van der Waals surface area contributed by atoms with E-state index in [0.29, 0.717) is 12.8 Å². The molecule has 0 aromatic carbocycles. The fraction of sp³-hybridized carbons (Fsp3) is 0.800. The summed E-state index contributed by atoms with van der Waals surface area (Å²) in [4.78, 5) is 22.1. The topological polar surface area (TPSA) is 34.1 Å². The molecular weight excluding hydrogens is 152 g/mol. The maximum Gasteiger partial charge on any atom is 0.133 e. The van der Waals surface area contributed by atoms with Crippen LogP contribution in [0.2, 0.25) is 0 Å². The molecule has 0 saturated carbocycles. The minimum atomic E-state index is -0.0255. The Kier molecular flexibility index (Phi) is 5.60. The van der Waals surface area contributed by atoms with Crippen molar-refractivity contribution < 1.29 is 9.59 Å². The Hall–Kier alpha value is -0.660. The van der Waals surface area contributed by atoms with Crippen molar-refractivity contribution >= 4 is 11.6 Å². The van der Waals surface area contributed by atoms with E-state index >= 15 is 0 Å². The van der Waals surface area contributed by atoms with Crippen LogP contribution in [-0.2, 0) is 9.59 Å². The first-order valence-electron chi connectivity index (χ1n) is 4.63. The van der Waals surface area contributed by atoms with Gasteiger partial charge in [-0.25, -0.2) is 0 Å². The lowest BCUT2D eigenvalue weighted by molar-refractivity contribution is -0.126. The van der Waals surface area contributed by atoms with Crippen molar-refractivity contribution in [2.75, 3.05) is 0 Å². The van der Waals surface area contributed by atoms with Crippen LogP contribution in [0.1, 0.15) is 46.5 Å². The molecule has 0 aromatic heterocycles. The second-order valence-corrected chi connectivity index (χ2v) is 3.19. The van der Waals surface area contributed by atoms with Gasteiger partial charge >= 0.3 is 0 Å². The molecule has 12 heavy (non-hydrogen) atoms. The number of ketones is 2. The Morgan fingerprint density at radius 1 is 1.25 bits per heavy atom. The molecule has 0 aliphatic heterocycles. The van der Waals surface area contributed by atoms with Crippen LogP contribution in [0, 0.1) is 5.92 Å². The van der Waals surface area contributed by atoms with E-state index in [-0.39, 0.29) is 17.5 Å². The van der Waals surface area contributed by atoms with E-state index in [4.69, 9.17) is 0 Å². The summed E-state index contributed by atoms with van der Waals surface area (Å²) >= 11 is 0. The van der Waals surface area contributed by atoms with E-state index in [0.717, 1.165) is 12.8 Å². The van der Waals surface area contributed by atoms with E-state index in [2.05, 4.69) is 0 Å². The molecular formula is C10H18O2. The molecule has 0 bridgehead atoms. The van der Waals surface area contributed by atoms with Crippen molar-refractivity contribution in [2.24, 2.45) is 5.92 Å². The Balaban J connectivity index is 3.95. The van der Waals surface area contributed by atoms with Crippen LogP contribution >= 0.6 is 0 Å². The summed E-state index contributed by atoms with van der Waals surface area (Å²) in [5.74, 6) is 0.324. The fourth-order valence-corrected chi connectivity index (χ4v) is 1.22. The lowest BCUT2D eigenvalue weighted by Crippen LogP contribution is -2.15. The third-order valence-corrected chi connectivity index (χ3v) is 2.08. The van der Waals surface area contributed by atoms with Crippen LogP contribution < -0.4 is 0 Å². The van der Waals surface area contributed by atoms with Crippen molar-refractivity contribution in [3.63, 3.8) is 0 Å². The first kappa shape index (κ1) is 11.3. The number of rotatable bonds is 6. The molecule has 0 fully saturated rings. The third kappa shape index (κ3) is 4.27. The normalized spacial score (nSPS) is 12.6. The highest BCUT2D eigenvalue weighted by atomic mass is 16.1. The molecule has 70 valence electrons. The summed E-state index contributed by atoms with van der Waals surface area (Å²) in [5.41, 5.74) is 0. The molecule has 0 saturated heterocycles. The van der Waals surface area contributed by atoms with Crippen LogP contribution in [-0.4, -0.2) is 11.6 Å². The summed E-state index contributed by atoms with van der Waals surface area (Å²) in [6, 6.07) is 0. The highest BCUT2D eigenvalue weighted by molar-refractivity contribution is 5.86. The monoisotopic (exact) mass is 170 g/mol. The van der Waals surface area contributed by atoms with Crippen LogP contribution in [0.4, 0.5) is 0 Å². The number of hydrogen-bond donors (Lipinski definition) is 0. The van der Waals surface area contributed by atoms with E-state index in [1.54, 1.807) is 6.92 Å². The zero-order chi connectivity index (χ0) is 9.56. The molecule has 1 atom stereocenters. The van der Waals surface area contributed by atoms with Crippen LogP contribution in [0.15, 0.2) is 0 Å². The smallest absolute Gasteiger partial charge is 0.133 e. The summed E-state index contributed by atoms with van der Waals surface area (Å²) in [7, 11) is 0. The summed E-state index contributed by atoms with van der Waals surface area (Å²) in [6.45, 7) is 5.45. The van der Waals surface area contributed by atoms with Gasteiger partial charge in [-0.05, 0) is 13.3 Å². The number of Topliss-reactive ketones (excluding diaryl/α,β-unsaturated/α-hetero) is 2. The molecule has 0 aliphatic rings. The van der Waals surface area contributed by atoms with Crippen LogP contribution in [0.5, 0.6) is 0 Å².